The van der Waals surface area contributed by atoms with E-state index in [1.807, 2.05) is 0 Å². The molecule has 1 amide bonds. The predicted molar refractivity (Wildman–Crippen MR) is 133 cm³/mol. The van der Waals surface area contributed by atoms with E-state index in [4.69, 9.17) is 25.4 Å². The second kappa shape index (κ2) is 10.4. The summed E-state index contributed by atoms with van der Waals surface area (Å²) in [5, 5.41) is 20.8. The van der Waals surface area contributed by atoms with Gasteiger partial charge in [0.1, 0.15) is 17.3 Å². The van der Waals surface area contributed by atoms with Crippen LogP contribution in [-0.4, -0.2) is 28.8 Å². The van der Waals surface area contributed by atoms with Crippen LogP contribution >= 0.6 is 0 Å². The van der Waals surface area contributed by atoms with E-state index in [-0.39, 0.29) is 29.6 Å². The fraction of sp³-hybridized carbons (Fsp3) is 0.0370. The lowest BCUT2D eigenvalue weighted by Gasteiger charge is -2.06. The maximum atomic E-state index is 12.5. The minimum Gasteiger partial charge on any atom is -0.478 e. The zero-order valence-corrected chi connectivity index (χ0v) is 18.9. The number of carboxylic acids is 1. The van der Waals surface area contributed by atoms with Gasteiger partial charge in [-0.2, -0.15) is 0 Å². The molecule has 0 radical (unpaired) electrons. The molecule has 5 N–H and O–H groups in total. The number of benzene rings is 3. The summed E-state index contributed by atoms with van der Waals surface area (Å²) in [5.41, 5.74) is 6.95. The molecule has 0 aliphatic rings. The highest BCUT2D eigenvalue weighted by Gasteiger charge is 2.14. The summed E-state index contributed by atoms with van der Waals surface area (Å²) in [4.78, 5) is 35.4. The third-order valence-corrected chi connectivity index (χ3v) is 5.22. The summed E-state index contributed by atoms with van der Waals surface area (Å²) < 4.78 is 10.9. The quantitative estimate of drug-likeness (QED) is 0.0971. The van der Waals surface area contributed by atoms with E-state index in [9.17, 15) is 14.4 Å². The van der Waals surface area contributed by atoms with E-state index in [1.54, 1.807) is 60.7 Å². The Morgan fingerprint density at radius 2 is 1.64 bits per heavy atom. The number of furan rings is 1. The highest BCUT2D eigenvalue weighted by molar-refractivity contribution is 5.99. The number of hydrogen-bond acceptors (Lipinski definition) is 6. The minimum absolute atomic E-state index is 0.0136. The number of hydrogen-bond donors (Lipinski definition) is 4. The standard InChI is InChI=1S/C27H21N3O6/c28-25(29)20-7-6-19-14-21(9-8-18(19)13-20)36-27(34)23-11-10-22(35-23)15-30-24(31)12-3-16-1-4-17(5-2-16)26(32)33/h1-14H,15H2,(H3,28,29)(H,30,31)(H,32,33)/b12-3+. The van der Waals surface area contributed by atoms with Gasteiger partial charge in [-0.1, -0.05) is 30.3 Å². The third kappa shape index (κ3) is 5.84. The second-order valence-electron chi connectivity index (χ2n) is 7.77. The fourth-order valence-electron chi connectivity index (χ4n) is 3.34. The Balaban J connectivity index is 1.32. The lowest BCUT2D eigenvalue weighted by molar-refractivity contribution is -0.116. The normalized spacial score (nSPS) is 10.9. The van der Waals surface area contributed by atoms with Gasteiger partial charge in [-0.15, -0.1) is 0 Å². The van der Waals surface area contributed by atoms with Crippen LogP contribution in [0.25, 0.3) is 16.8 Å². The van der Waals surface area contributed by atoms with Crippen molar-refractivity contribution >= 4 is 40.5 Å². The average molecular weight is 483 g/mol. The molecule has 0 saturated heterocycles. The van der Waals surface area contributed by atoms with E-state index in [0.717, 1.165) is 10.8 Å². The number of fused-ring (bicyclic) bond motifs is 1. The van der Waals surface area contributed by atoms with Crippen molar-refractivity contribution in [3.63, 3.8) is 0 Å². The lowest BCUT2D eigenvalue weighted by Crippen LogP contribution is -2.19. The molecule has 0 bridgehead atoms. The van der Waals surface area contributed by atoms with E-state index >= 15 is 0 Å². The molecule has 0 unspecified atom stereocenters. The number of rotatable bonds is 8. The number of amidine groups is 1. The van der Waals surface area contributed by atoms with Gasteiger partial charge in [-0.05, 0) is 64.9 Å². The van der Waals surface area contributed by atoms with Gasteiger partial charge in [0.2, 0.25) is 11.7 Å². The highest BCUT2D eigenvalue weighted by atomic mass is 16.5. The largest absolute Gasteiger partial charge is 0.478 e. The molecule has 0 fully saturated rings. The Morgan fingerprint density at radius 1 is 0.944 bits per heavy atom. The van der Waals surface area contributed by atoms with Gasteiger partial charge >= 0.3 is 11.9 Å². The number of nitrogen functional groups attached to an aromatic ring is 1. The van der Waals surface area contributed by atoms with Gasteiger partial charge in [0.05, 0.1) is 12.1 Å². The number of nitrogens with two attached hydrogens (primary N) is 1. The van der Waals surface area contributed by atoms with Gasteiger partial charge < -0.3 is 25.3 Å². The van der Waals surface area contributed by atoms with E-state index < -0.39 is 11.9 Å². The fourth-order valence-corrected chi connectivity index (χ4v) is 3.34. The molecule has 0 spiro atoms. The van der Waals surface area contributed by atoms with Crippen molar-refractivity contribution in [2.75, 3.05) is 0 Å². The Hall–Kier alpha value is -5.18. The van der Waals surface area contributed by atoms with Gasteiger partial charge in [-0.3, -0.25) is 10.2 Å². The summed E-state index contributed by atoms with van der Waals surface area (Å²) in [6.07, 6.45) is 2.86. The molecule has 9 nitrogen and oxygen atoms in total. The second-order valence-corrected chi connectivity index (χ2v) is 7.77. The monoisotopic (exact) mass is 483 g/mol. The number of carboxylic acid groups (broad SMARTS) is 1. The Morgan fingerprint density at radius 3 is 2.36 bits per heavy atom. The number of esters is 1. The third-order valence-electron chi connectivity index (χ3n) is 5.22. The van der Waals surface area contributed by atoms with Crippen LogP contribution in [-0.2, 0) is 11.3 Å². The predicted octanol–water partition coefficient (Wildman–Crippen LogP) is 3.96. The zero-order valence-electron chi connectivity index (χ0n) is 18.9. The van der Waals surface area contributed by atoms with Crippen molar-refractivity contribution in [3.05, 3.63) is 107 Å². The number of aromatic carboxylic acids is 1. The molecule has 36 heavy (non-hydrogen) atoms. The first-order valence-electron chi connectivity index (χ1n) is 10.8. The lowest BCUT2D eigenvalue weighted by atomic mass is 10.1. The van der Waals surface area contributed by atoms with Crippen molar-refractivity contribution in [3.8, 4) is 5.75 Å². The van der Waals surface area contributed by atoms with Crippen LogP contribution < -0.4 is 15.8 Å². The molecule has 4 aromatic rings. The first-order valence-corrected chi connectivity index (χ1v) is 10.8. The molecule has 1 aromatic heterocycles. The van der Waals surface area contributed by atoms with Gasteiger partial charge in [0, 0.05) is 11.6 Å². The van der Waals surface area contributed by atoms with Crippen molar-refractivity contribution in [1.82, 2.24) is 5.32 Å². The van der Waals surface area contributed by atoms with Crippen LogP contribution in [0.1, 0.15) is 37.8 Å². The number of nitrogens with one attached hydrogen (secondary N) is 2. The molecular weight excluding hydrogens is 462 g/mol. The smallest absolute Gasteiger partial charge is 0.379 e. The Labute approximate surface area is 205 Å². The topological polar surface area (TPSA) is 156 Å². The van der Waals surface area contributed by atoms with Crippen molar-refractivity contribution in [2.24, 2.45) is 5.73 Å². The number of ether oxygens (including phenoxy) is 1. The SMILES string of the molecule is N=C(N)c1ccc2cc(OC(=O)c3ccc(CNC(=O)/C=C/c4ccc(C(=O)O)cc4)o3)ccc2c1. The molecule has 0 aliphatic carbocycles. The van der Waals surface area contributed by atoms with Crippen molar-refractivity contribution < 1.29 is 28.6 Å². The number of amides is 1. The molecule has 4 rings (SSSR count). The molecular formula is C27H21N3O6. The summed E-state index contributed by atoms with van der Waals surface area (Å²) in [6, 6.07) is 19.5. The molecule has 180 valence electrons. The van der Waals surface area contributed by atoms with E-state index in [2.05, 4.69) is 5.32 Å². The molecule has 0 aliphatic heterocycles. The van der Waals surface area contributed by atoms with Gasteiger partial charge in [0.25, 0.3) is 0 Å². The summed E-state index contributed by atoms with van der Waals surface area (Å²) in [7, 11) is 0. The first-order chi connectivity index (χ1) is 17.3. The molecule has 0 atom stereocenters. The molecule has 3 aromatic carbocycles. The molecule has 1 heterocycles. The van der Waals surface area contributed by atoms with Crippen molar-refractivity contribution in [2.45, 2.75) is 6.54 Å². The highest BCUT2D eigenvalue weighted by Crippen LogP contribution is 2.23. The Bertz CT molecular complexity index is 1500. The summed E-state index contributed by atoms with van der Waals surface area (Å²) in [5.74, 6) is -1.44. The van der Waals surface area contributed by atoms with Gasteiger partial charge in [-0.25, -0.2) is 9.59 Å². The van der Waals surface area contributed by atoms with Crippen LogP contribution in [0.2, 0.25) is 0 Å². The van der Waals surface area contributed by atoms with E-state index in [1.165, 1.54) is 24.3 Å². The number of carbonyl (C=O) groups is 3. The summed E-state index contributed by atoms with van der Waals surface area (Å²) in [6.45, 7) is 0.0584. The maximum Gasteiger partial charge on any atom is 0.379 e. The van der Waals surface area contributed by atoms with Crippen molar-refractivity contribution in [1.29, 1.82) is 5.41 Å². The van der Waals surface area contributed by atoms with Crippen LogP contribution in [0.5, 0.6) is 5.75 Å². The summed E-state index contributed by atoms with van der Waals surface area (Å²) >= 11 is 0. The van der Waals surface area contributed by atoms with Crippen LogP contribution in [0.15, 0.2) is 83.3 Å². The minimum atomic E-state index is -1.02. The molecule has 9 heteroatoms. The first kappa shape index (κ1) is 24.0. The van der Waals surface area contributed by atoms with Crippen LogP contribution in [0.4, 0.5) is 0 Å². The molecule has 0 saturated carbocycles. The van der Waals surface area contributed by atoms with Crippen LogP contribution in [0.3, 0.4) is 0 Å². The maximum absolute atomic E-state index is 12.5. The zero-order chi connectivity index (χ0) is 25.7. The number of carbonyl (C=O) groups excluding carboxylic acids is 2. The average Bonchev–Trinajstić information content (AvgIpc) is 3.35. The van der Waals surface area contributed by atoms with Crippen LogP contribution in [0, 0.1) is 5.41 Å². The van der Waals surface area contributed by atoms with Gasteiger partial charge in [0.15, 0.2) is 0 Å². The van der Waals surface area contributed by atoms with E-state index in [0.29, 0.717) is 22.6 Å². The Kier molecular flexibility index (Phi) is 6.92.